The third-order valence-corrected chi connectivity index (χ3v) is 5.45. The molecule has 2 N–H and O–H groups in total. The quantitative estimate of drug-likeness (QED) is 0.916. The van der Waals surface area contributed by atoms with Crippen LogP contribution in [0.5, 0.6) is 0 Å². The highest BCUT2D eigenvalue weighted by atomic mass is 79.9. The largest absolute Gasteiger partial charge is 0.324 e. The van der Waals surface area contributed by atoms with Gasteiger partial charge in [0.25, 0.3) is 0 Å². The SMILES string of the molecule is CCn1nc(C)c(Br)c1CC(N)c1ccc2c(c1)CCC2. The van der Waals surface area contributed by atoms with E-state index in [9.17, 15) is 0 Å². The molecule has 1 aromatic carbocycles. The minimum atomic E-state index is 0.0219. The van der Waals surface area contributed by atoms with Gasteiger partial charge in [0, 0.05) is 19.0 Å². The summed E-state index contributed by atoms with van der Waals surface area (Å²) in [6.45, 7) is 5.02. The Balaban J connectivity index is 1.85. The van der Waals surface area contributed by atoms with E-state index in [1.54, 1.807) is 0 Å². The van der Waals surface area contributed by atoms with Crippen molar-refractivity contribution in [1.82, 2.24) is 9.78 Å². The summed E-state index contributed by atoms with van der Waals surface area (Å²) in [6.07, 6.45) is 4.51. The first-order valence-electron chi connectivity index (χ1n) is 7.69. The molecule has 1 aliphatic carbocycles. The zero-order chi connectivity index (χ0) is 15.0. The summed E-state index contributed by atoms with van der Waals surface area (Å²) < 4.78 is 3.15. The number of aryl methyl sites for hydroxylation is 4. The highest BCUT2D eigenvalue weighted by molar-refractivity contribution is 9.10. The van der Waals surface area contributed by atoms with Gasteiger partial charge in [-0.2, -0.15) is 5.10 Å². The maximum atomic E-state index is 6.46. The van der Waals surface area contributed by atoms with E-state index in [1.807, 2.05) is 11.6 Å². The van der Waals surface area contributed by atoms with Crippen LogP contribution in [0.15, 0.2) is 22.7 Å². The van der Waals surface area contributed by atoms with E-state index in [0.29, 0.717) is 0 Å². The Kier molecular flexibility index (Phi) is 4.18. The van der Waals surface area contributed by atoms with Gasteiger partial charge in [0.15, 0.2) is 0 Å². The van der Waals surface area contributed by atoms with Crippen LogP contribution in [0, 0.1) is 6.92 Å². The predicted molar refractivity (Wildman–Crippen MR) is 89.4 cm³/mol. The first-order chi connectivity index (χ1) is 10.1. The van der Waals surface area contributed by atoms with Crippen LogP contribution >= 0.6 is 15.9 Å². The van der Waals surface area contributed by atoms with Gasteiger partial charge in [-0.3, -0.25) is 4.68 Å². The Labute approximate surface area is 134 Å². The zero-order valence-corrected chi connectivity index (χ0v) is 14.3. The number of hydrogen-bond donors (Lipinski definition) is 1. The van der Waals surface area contributed by atoms with Gasteiger partial charge in [-0.05, 0) is 65.7 Å². The average molecular weight is 348 g/mol. The molecule has 0 bridgehead atoms. The summed E-state index contributed by atoms with van der Waals surface area (Å²) >= 11 is 3.65. The highest BCUT2D eigenvalue weighted by Gasteiger charge is 2.18. The molecule has 1 aromatic heterocycles. The molecule has 0 spiro atoms. The lowest BCUT2D eigenvalue weighted by Crippen LogP contribution is -2.16. The van der Waals surface area contributed by atoms with Crippen molar-refractivity contribution < 1.29 is 0 Å². The Bertz CT molecular complexity index is 660. The van der Waals surface area contributed by atoms with Crippen molar-refractivity contribution in [1.29, 1.82) is 0 Å². The summed E-state index contributed by atoms with van der Waals surface area (Å²) in [4.78, 5) is 0. The van der Waals surface area contributed by atoms with Crippen molar-refractivity contribution in [3.63, 3.8) is 0 Å². The molecule has 1 unspecified atom stereocenters. The number of aromatic nitrogens is 2. The van der Waals surface area contributed by atoms with Gasteiger partial charge in [0.1, 0.15) is 0 Å². The highest BCUT2D eigenvalue weighted by Crippen LogP contribution is 2.28. The van der Waals surface area contributed by atoms with Crippen LogP contribution in [-0.2, 0) is 25.8 Å². The first kappa shape index (κ1) is 14.8. The van der Waals surface area contributed by atoms with Crippen LogP contribution in [-0.4, -0.2) is 9.78 Å². The van der Waals surface area contributed by atoms with Gasteiger partial charge < -0.3 is 5.73 Å². The lowest BCUT2D eigenvalue weighted by Gasteiger charge is -2.15. The van der Waals surface area contributed by atoms with E-state index < -0.39 is 0 Å². The molecule has 1 aliphatic rings. The Morgan fingerprint density at radius 1 is 1.33 bits per heavy atom. The smallest absolute Gasteiger partial charge is 0.0738 e. The van der Waals surface area contributed by atoms with E-state index >= 15 is 0 Å². The Morgan fingerprint density at radius 3 is 2.86 bits per heavy atom. The van der Waals surface area contributed by atoms with E-state index in [2.05, 4.69) is 46.2 Å². The number of halogens is 1. The molecular formula is C17H22BrN3. The van der Waals surface area contributed by atoms with Crippen LogP contribution < -0.4 is 5.73 Å². The lowest BCUT2D eigenvalue weighted by molar-refractivity contribution is 0.586. The molecule has 0 radical (unpaired) electrons. The number of benzene rings is 1. The van der Waals surface area contributed by atoms with E-state index in [1.165, 1.54) is 41.6 Å². The molecule has 0 saturated carbocycles. The second kappa shape index (κ2) is 5.93. The molecule has 21 heavy (non-hydrogen) atoms. The van der Waals surface area contributed by atoms with Crippen molar-refractivity contribution >= 4 is 15.9 Å². The fourth-order valence-electron chi connectivity index (χ4n) is 3.21. The third kappa shape index (κ3) is 2.79. The first-order valence-corrected chi connectivity index (χ1v) is 8.48. The van der Waals surface area contributed by atoms with Crippen LogP contribution in [0.3, 0.4) is 0 Å². The van der Waals surface area contributed by atoms with Crippen molar-refractivity contribution in [2.45, 2.75) is 52.1 Å². The van der Waals surface area contributed by atoms with Crippen LogP contribution in [0.4, 0.5) is 0 Å². The molecule has 0 fully saturated rings. The molecule has 4 heteroatoms. The number of fused-ring (bicyclic) bond motifs is 1. The average Bonchev–Trinajstić information content (AvgIpc) is 3.05. The van der Waals surface area contributed by atoms with Crippen LogP contribution in [0.25, 0.3) is 0 Å². The maximum absolute atomic E-state index is 6.46. The fourth-order valence-corrected chi connectivity index (χ4v) is 3.66. The zero-order valence-electron chi connectivity index (χ0n) is 12.7. The predicted octanol–water partition coefficient (Wildman–Crippen LogP) is 3.71. The molecule has 2 aromatic rings. The second-order valence-electron chi connectivity index (χ2n) is 5.85. The maximum Gasteiger partial charge on any atom is 0.0738 e. The van der Waals surface area contributed by atoms with Gasteiger partial charge in [-0.25, -0.2) is 0 Å². The molecule has 0 aliphatic heterocycles. The second-order valence-corrected chi connectivity index (χ2v) is 6.65. The van der Waals surface area contributed by atoms with Gasteiger partial charge in [-0.1, -0.05) is 18.2 Å². The molecule has 3 rings (SSSR count). The summed E-state index contributed by atoms with van der Waals surface area (Å²) in [5.41, 5.74) is 12.9. The van der Waals surface area contributed by atoms with Crippen LogP contribution in [0.1, 0.15) is 47.5 Å². The van der Waals surface area contributed by atoms with Gasteiger partial charge in [-0.15, -0.1) is 0 Å². The van der Waals surface area contributed by atoms with E-state index in [-0.39, 0.29) is 6.04 Å². The van der Waals surface area contributed by atoms with E-state index in [0.717, 1.165) is 23.1 Å². The fraction of sp³-hybridized carbons (Fsp3) is 0.471. The number of rotatable bonds is 4. The topological polar surface area (TPSA) is 43.8 Å². The van der Waals surface area contributed by atoms with Crippen molar-refractivity contribution in [2.24, 2.45) is 5.73 Å². The molecule has 1 atom stereocenters. The van der Waals surface area contributed by atoms with Gasteiger partial charge in [0.2, 0.25) is 0 Å². The number of nitrogens with zero attached hydrogens (tertiary/aromatic N) is 2. The number of hydrogen-bond acceptors (Lipinski definition) is 2. The summed E-state index contributed by atoms with van der Waals surface area (Å²) in [5.74, 6) is 0. The van der Waals surface area contributed by atoms with Crippen molar-refractivity contribution in [3.8, 4) is 0 Å². The monoisotopic (exact) mass is 347 g/mol. The van der Waals surface area contributed by atoms with Gasteiger partial charge >= 0.3 is 0 Å². The van der Waals surface area contributed by atoms with Crippen molar-refractivity contribution in [2.75, 3.05) is 0 Å². The van der Waals surface area contributed by atoms with E-state index in [4.69, 9.17) is 5.73 Å². The molecule has 0 amide bonds. The Morgan fingerprint density at radius 2 is 2.10 bits per heavy atom. The third-order valence-electron chi connectivity index (χ3n) is 4.42. The molecular weight excluding hydrogens is 326 g/mol. The summed E-state index contributed by atoms with van der Waals surface area (Å²) in [6, 6.07) is 6.78. The minimum Gasteiger partial charge on any atom is -0.324 e. The minimum absolute atomic E-state index is 0.0219. The molecule has 112 valence electrons. The van der Waals surface area contributed by atoms with Crippen molar-refractivity contribution in [3.05, 3.63) is 50.8 Å². The van der Waals surface area contributed by atoms with Gasteiger partial charge in [0.05, 0.1) is 15.9 Å². The summed E-state index contributed by atoms with van der Waals surface area (Å²) in [7, 11) is 0. The lowest BCUT2D eigenvalue weighted by atomic mass is 9.98. The molecule has 3 nitrogen and oxygen atoms in total. The summed E-state index contributed by atoms with van der Waals surface area (Å²) in [5, 5.41) is 4.55. The molecule has 1 heterocycles. The molecule has 0 saturated heterocycles. The van der Waals surface area contributed by atoms with Crippen LogP contribution in [0.2, 0.25) is 0 Å². The Hall–Kier alpha value is -1.13. The normalized spacial score (nSPS) is 15.2. The standard InChI is InChI=1S/C17H22BrN3/c1-3-21-16(17(18)11(2)20-21)10-15(19)14-8-7-12-5-4-6-13(12)9-14/h7-9,15H,3-6,10,19H2,1-2H3. The number of nitrogens with two attached hydrogens (primary N) is 1.